The van der Waals surface area contributed by atoms with Crippen LogP contribution in [0.5, 0.6) is 0 Å². The molecule has 0 aliphatic carbocycles. The molecular weight excluding hydrogens is 300 g/mol. The summed E-state index contributed by atoms with van der Waals surface area (Å²) in [6, 6.07) is 1.55. The number of furan rings is 1. The lowest BCUT2D eigenvalue weighted by molar-refractivity contribution is -0.402. The molecule has 114 valence electrons. The Morgan fingerprint density at radius 2 is 2.10 bits per heavy atom. The average Bonchev–Trinajstić information content (AvgIpc) is 2.90. The number of carbonyl (C=O) groups is 2. The van der Waals surface area contributed by atoms with Crippen LogP contribution in [0.4, 0.5) is 5.88 Å². The summed E-state index contributed by atoms with van der Waals surface area (Å²) < 4.78 is 4.38. The van der Waals surface area contributed by atoms with Crippen molar-refractivity contribution in [3.63, 3.8) is 0 Å². The van der Waals surface area contributed by atoms with Gasteiger partial charge >= 0.3 is 11.9 Å². The summed E-state index contributed by atoms with van der Waals surface area (Å²) in [6.07, 6.45) is 0. The van der Waals surface area contributed by atoms with Gasteiger partial charge in [-0.3, -0.25) is 14.9 Å². The van der Waals surface area contributed by atoms with Crippen LogP contribution in [-0.2, 0) is 9.59 Å². The van der Waals surface area contributed by atoms with Crippen molar-refractivity contribution in [2.45, 2.75) is 36.9 Å². The van der Waals surface area contributed by atoms with Crippen LogP contribution in [0, 0.1) is 10.1 Å². The summed E-state index contributed by atoms with van der Waals surface area (Å²) in [7, 11) is 0. The van der Waals surface area contributed by atoms with Gasteiger partial charge in [0.05, 0.1) is 6.07 Å². The van der Waals surface area contributed by atoms with Crippen LogP contribution in [-0.4, -0.2) is 37.6 Å². The zero-order valence-corrected chi connectivity index (χ0v) is 12.4. The van der Waals surface area contributed by atoms with Gasteiger partial charge in [-0.25, -0.2) is 4.79 Å². The molecule has 0 bridgehead atoms. The fourth-order valence-corrected chi connectivity index (χ4v) is 3.96. The van der Waals surface area contributed by atoms with Gasteiger partial charge in [-0.05, 0) is 19.9 Å². The number of hydrogen-bond donors (Lipinski definition) is 1. The fraction of sp³-hybridized carbons (Fsp3) is 0.500. The highest BCUT2D eigenvalue weighted by atomic mass is 32.2. The van der Waals surface area contributed by atoms with E-state index in [1.807, 2.05) is 0 Å². The summed E-state index contributed by atoms with van der Waals surface area (Å²) in [4.78, 5) is 34.5. The molecule has 21 heavy (non-hydrogen) atoms. The zero-order valence-electron chi connectivity index (χ0n) is 11.6. The molecule has 1 aromatic heterocycles. The SMILES string of the molecule is CC(=O)N1[C@@H](C(=O)O)C(C)(C)S[C@H]1c1ccc([N+](=O)[O-])o1. The maximum absolute atomic E-state index is 11.8. The van der Waals surface area contributed by atoms with Crippen molar-refractivity contribution in [1.82, 2.24) is 4.90 Å². The number of carbonyl (C=O) groups excluding carboxylic acids is 1. The molecule has 2 atom stereocenters. The largest absolute Gasteiger partial charge is 0.480 e. The van der Waals surface area contributed by atoms with Crippen LogP contribution in [0.2, 0.25) is 0 Å². The lowest BCUT2D eigenvalue weighted by Crippen LogP contribution is -2.48. The highest BCUT2D eigenvalue weighted by Crippen LogP contribution is 2.52. The monoisotopic (exact) mass is 314 g/mol. The summed E-state index contributed by atoms with van der Waals surface area (Å²) in [5.41, 5.74) is 0. The number of hydrogen-bond acceptors (Lipinski definition) is 6. The van der Waals surface area contributed by atoms with Gasteiger partial charge < -0.3 is 14.4 Å². The standard InChI is InChI=1S/C12H14N2O6S/c1-6(15)13-9(11(16)17)12(2,3)21-10(13)7-4-5-8(20-7)14(18)19/h4-5,9-10H,1-3H3,(H,16,17)/t9-,10-/m0/s1. The molecule has 1 saturated heterocycles. The molecule has 0 unspecified atom stereocenters. The number of carboxylic acids is 1. The summed E-state index contributed by atoms with van der Waals surface area (Å²) in [5, 5.41) is 19.4. The Morgan fingerprint density at radius 1 is 1.48 bits per heavy atom. The molecule has 9 heteroatoms. The summed E-state index contributed by atoms with van der Waals surface area (Å²) in [6.45, 7) is 4.69. The van der Waals surface area contributed by atoms with Crippen LogP contribution >= 0.6 is 11.8 Å². The van der Waals surface area contributed by atoms with Gasteiger partial charge in [0.15, 0.2) is 0 Å². The minimum Gasteiger partial charge on any atom is -0.480 e. The number of thioether (sulfide) groups is 1. The summed E-state index contributed by atoms with van der Waals surface area (Å²) in [5.74, 6) is -1.79. The van der Waals surface area contributed by atoms with E-state index in [4.69, 9.17) is 4.42 Å². The number of rotatable bonds is 3. The molecule has 1 fully saturated rings. The molecule has 0 aromatic carbocycles. The molecule has 1 aromatic rings. The number of carboxylic acid groups (broad SMARTS) is 1. The molecule has 1 amide bonds. The van der Waals surface area contributed by atoms with E-state index in [1.165, 1.54) is 35.7 Å². The van der Waals surface area contributed by atoms with Crippen molar-refractivity contribution in [1.29, 1.82) is 0 Å². The van der Waals surface area contributed by atoms with Gasteiger partial charge in [-0.2, -0.15) is 0 Å². The van der Waals surface area contributed by atoms with Gasteiger partial charge in [0, 0.05) is 11.7 Å². The maximum Gasteiger partial charge on any atom is 0.433 e. The number of aliphatic carboxylic acids is 1. The van der Waals surface area contributed by atoms with Crippen LogP contribution in [0.25, 0.3) is 0 Å². The lowest BCUT2D eigenvalue weighted by Gasteiger charge is -2.27. The molecular formula is C12H14N2O6S. The first-order valence-electron chi connectivity index (χ1n) is 6.09. The first-order chi connectivity index (χ1) is 9.65. The Balaban J connectivity index is 2.44. The minimum absolute atomic E-state index is 0.193. The van der Waals surface area contributed by atoms with E-state index in [2.05, 4.69) is 0 Å². The first kappa shape index (κ1) is 15.4. The van der Waals surface area contributed by atoms with Crippen LogP contribution in [0.1, 0.15) is 31.9 Å². The van der Waals surface area contributed by atoms with Crippen LogP contribution in [0.3, 0.4) is 0 Å². The number of nitrogens with zero attached hydrogens (tertiary/aromatic N) is 2. The topological polar surface area (TPSA) is 114 Å². The van der Waals surface area contributed by atoms with E-state index in [0.29, 0.717) is 0 Å². The molecule has 2 heterocycles. The number of nitro groups is 1. The smallest absolute Gasteiger partial charge is 0.433 e. The Kier molecular flexibility index (Phi) is 3.70. The van der Waals surface area contributed by atoms with E-state index in [9.17, 15) is 24.8 Å². The quantitative estimate of drug-likeness (QED) is 0.670. The third-order valence-corrected chi connectivity index (χ3v) is 4.75. The Labute approximate surface area is 124 Å². The van der Waals surface area contributed by atoms with Crippen LogP contribution in [0.15, 0.2) is 16.5 Å². The van der Waals surface area contributed by atoms with Crippen molar-refractivity contribution in [3.8, 4) is 0 Å². The zero-order chi connectivity index (χ0) is 15.9. The van der Waals surface area contributed by atoms with E-state index >= 15 is 0 Å². The van der Waals surface area contributed by atoms with Gasteiger partial charge in [-0.15, -0.1) is 11.8 Å². The second-order valence-corrected chi connectivity index (χ2v) is 6.91. The van der Waals surface area contributed by atoms with Crippen molar-refractivity contribution < 1.29 is 24.0 Å². The lowest BCUT2D eigenvalue weighted by atomic mass is 10.0. The van der Waals surface area contributed by atoms with E-state index < -0.39 is 38.8 Å². The maximum atomic E-state index is 11.8. The van der Waals surface area contributed by atoms with Crippen LogP contribution < -0.4 is 0 Å². The minimum atomic E-state index is -1.12. The molecule has 0 saturated carbocycles. The van der Waals surface area contributed by atoms with Gasteiger partial charge in [-0.1, -0.05) is 0 Å². The normalized spacial score (nSPS) is 24.0. The van der Waals surface area contributed by atoms with Crippen molar-refractivity contribution in [3.05, 3.63) is 28.0 Å². The predicted octanol–water partition coefficient (Wildman–Crippen LogP) is 2.01. The second-order valence-electron chi connectivity index (χ2n) is 5.17. The first-order valence-corrected chi connectivity index (χ1v) is 6.97. The third-order valence-electron chi connectivity index (χ3n) is 3.24. The molecule has 1 N–H and O–H groups in total. The van der Waals surface area contributed by atoms with E-state index in [-0.39, 0.29) is 5.76 Å². The molecule has 1 aliphatic rings. The van der Waals surface area contributed by atoms with Crippen molar-refractivity contribution in [2.24, 2.45) is 0 Å². The Morgan fingerprint density at radius 3 is 2.52 bits per heavy atom. The average molecular weight is 314 g/mol. The predicted molar refractivity (Wildman–Crippen MR) is 73.7 cm³/mol. The molecule has 1 aliphatic heterocycles. The fourth-order valence-electron chi connectivity index (χ4n) is 2.41. The third kappa shape index (κ3) is 2.60. The van der Waals surface area contributed by atoms with Crippen molar-refractivity contribution in [2.75, 3.05) is 0 Å². The van der Waals surface area contributed by atoms with E-state index in [0.717, 1.165) is 0 Å². The second kappa shape index (κ2) is 5.06. The van der Waals surface area contributed by atoms with Gasteiger partial charge in [0.25, 0.3) is 0 Å². The van der Waals surface area contributed by atoms with Gasteiger partial charge in [0.1, 0.15) is 22.1 Å². The molecule has 0 radical (unpaired) electrons. The molecule has 0 spiro atoms. The molecule has 2 rings (SSSR count). The van der Waals surface area contributed by atoms with Crippen molar-refractivity contribution >= 4 is 29.5 Å². The van der Waals surface area contributed by atoms with E-state index in [1.54, 1.807) is 13.8 Å². The molecule has 8 nitrogen and oxygen atoms in total. The summed E-state index contributed by atoms with van der Waals surface area (Å²) >= 11 is 1.23. The van der Waals surface area contributed by atoms with Gasteiger partial charge in [0.2, 0.25) is 5.91 Å². The Bertz CT molecular complexity index is 611. The number of amides is 1. The Hall–Kier alpha value is -2.03. The highest BCUT2D eigenvalue weighted by Gasteiger charge is 2.54. The highest BCUT2D eigenvalue weighted by molar-refractivity contribution is 8.01.